The van der Waals surface area contributed by atoms with E-state index < -0.39 is 0 Å². The Morgan fingerprint density at radius 1 is 1.29 bits per heavy atom. The van der Waals surface area contributed by atoms with Crippen LogP contribution in [0.2, 0.25) is 0 Å². The maximum absolute atomic E-state index is 12.4. The molecule has 11 heteroatoms. The molecule has 4 aromatic heterocycles. The molecular weight excluding hydrogens is 418 g/mol. The molecular formula is C17H15N5O3S3. The smallest absolute Gasteiger partial charge is 0.277 e. The van der Waals surface area contributed by atoms with Crippen molar-refractivity contribution in [2.24, 2.45) is 0 Å². The minimum absolute atomic E-state index is 0.0653. The molecule has 144 valence electrons. The third-order valence-electron chi connectivity index (χ3n) is 3.95. The topological polar surface area (TPSA) is 115 Å². The maximum Gasteiger partial charge on any atom is 0.277 e. The fraction of sp³-hybridized carbons (Fsp3) is 0.294. The Bertz CT molecular complexity index is 1240. The number of hydrogen-bond donors (Lipinski definition) is 1. The van der Waals surface area contributed by atoms with Gasteiger partial charge < -0.3 is 9.40 Å². The lowest BCUT2D eigenvalue weighted by molar-refractivity contribution is 0.102. The van der Waals surface area contributed by atoms with Crippen LogP contribution in [0.5, 0.6) is 0 Å². The normalized spacial score (nSPS) is 11.4. The highest BCUT2D eigenvalue weighted by Gasteiger charge is 2.17. The molecule has 0 unspecified atom stereocenters. The number of H-pyrrole nitrogens is 1. The SMILES string of the molecule is CC(=O)c1sc2nc(CSc3nnc(Cc4csc(C)n4)o3)[nH]c(=O)c2c1C. The van der Waals surface area contributed by atoms with Gasteiger partial charge in [0.15, 0.2) is 5.78 Å². The summed E-state index contributed by atoms with van der Waals surface area (Å²) in [5, 5.41) is 11.9. The number of thioether (sulfide) groups is 1. The summed E-state index contributed by atoms with van der Waals surface area (Å²) in [5.74, 6) is 1.29. The van der Waals surface area contributed by atoms with E-state index in [1.165, 1.54) is 30.0 Å². The number of aromatic nitrogens is 5. The molecule has 0 aliphatic rings. The van der Waals surface area contributed by atoms with Gasteiger partial charge in [0.1, 0.15) is 10.7 Å². The summed E-state index contributed by atoms with van der Waals surface area (Å²) in [7, 11) is 0. The van der Waals surface area contributed by atoms with Gasteiger partial charge >= 0.3 is 0 Å². The van der Waals surface area contributed by atoms with Gasteiger partial charge in [0.05, 0.1) is 33.1 Å². The zero-order chi connectivity index (χ0) is 19.8. The second-order valence-electron chi connectivity index (χ2n) is 6.09. The van der Waals surface area contributed by atoms with E-state index in [-0.39, 0.29) is 11.3 Å². The van der Waals surface area contributed by atoms with Crippen molar-refractivity contribution in [2.75, 3.05) is 0 Å². The van der Waals surface area contributed by atoms with Gasteiger partial charge in [-0.25, -0.2) is 9.97 Å². The number of thiazole rings is 1. The second kappa shape index (κ2) is 7.57. The summed E-state index contributed by atoms with van der Waals surface area (Å²) >= 11 is 4.11. The van der Waals surface area contributed by atoms with E-state index in [4.69, 9.17) is 4.42 Å². The van der Waals surface area contributed by atoms with Crippen molar-refractivity contribution in [2.45, 2.75) is 38.2 Å². The number of Topliss-reactive ketones (excluding diaryl/α,β-unsaturated/α-hetero) is 1. The zero-order valence-corrected chi connectivity index (χ0v) is 17.7. The van der Waals surface area contributed by atoms with E-state index in [2.05, 4.69) is 25.1 Å². The Labute approximate surface area is 171 Å². The van der Waals surface area contributed by atoms with Crippen LogP contribution in [-0.4, -0.2) is 30.9 Å². The number of carbonyl (C=O) groups excluding carboxylic acids is 1. The van der Waals surface area contributed by atoms with Crippen molar-refractivity contribution in [3.63, 3.8) is 0 Å². The van der Waals surface area contributed by atoms with Crippen LogP contribution in [0.15, 0.2) is 19.8 Å². The van der Waals surface area contributed by atoms with Crippen LogP contribution in [0.25, 0.3) is 10.2 Å². The molecule has 28 heavy (non-hydrogen) atoms. The third-order valence-corrected chi connectivity index (χ3v) is 6.89. The van der Waals surface area contributed by atoms with Crippen LogP contribution < -0.4 is 5.56 Å². The molecule has 0 aromatic carbocycles. The van der Waals surface area contributed by atoms with Crippen LogP contribution in [0.1, 0.15) is 44.6 Å². The van der Waals surface area contributed by atoms with Gasteiger partial charge in [-0.05, 0) is 26.3 Å². The Balaban J connectivity index is 1.50. The molecule has 0 aliphatic carbocycles. The molecule has 4 aromatic rings. The van der Waals surface area contributed by atoms with Gasteiger partial charge in [0, 0.05) is 5.38 Å². The third kappa shape index (κ3) is 3.77. The molecule has 0 atom stereocenters. The summed E-state index contributed by atoms with van der Waals surface area (Å²) in [4.78, 5) is 36.9. The number of nitrogens with one attached hydrogen (secondary N) is 1. The Kier molecular flexibility index (Phi) is 5.13. The summed E-state index contributed by atoms with van der Waals surface area (Å²) in [6.45, 7) is 5.20. The van der Waals surface area contributed by atoms with Crippen molar-refractivity contribution >= 4 is 50.4 Å². The first-order valence-corrected chi connectivity index (χ1v) is 11.0. The quantitative estimate of drug-likeness (QED) is 0.363. The van der Waals surface area contributed by atoms with E-state index in [0.717, 1.165) is 10.7 Å². The number of nitrogens with zero attached hydrogens (tertiary/aromatic N) is 4. The fourth-order valence-electron chi connectivity index (χ4n) is 2.74. The van der Waals surface area contributed by atoms with Gasteiger partial charge in [-0.2, -0.15) is 0 Å². The number of aromatic amines is 1. The number of thiophene rings is 1. The van der Waals surface area contributed by atoms with Crippen LogP contribution in [0.4, 0.5) is 0 Å². The number of rotatable bonds is 6. The van der Waals surface area contributed by atoms with Gasteiger partial charge in [-0.3, -0.25) is 9.59 Å². The Morgan fingerprint density at radius 2 is 2.11 bits per heavy atom. The lowest BCUT2D eigenvalue weighted by Gasteiger charge is -1.98. The van der Waals surface area contributed by atoms with Crippen LogP contribution in [0, 0.1) is 13.8 Å². The molecule has 0 fully saturated rings. The number of ketones is 1. The molecule has 8 nitrogen and oxygen atoms in total. The average Bonchev–Trinajstić information content (AvgIpc) is 3.33. The van der Waals surface area contributed by atoms with Crippen molar-refractivity contribution in [3.8, 4) is 0 Å². The molecule has 0 amide bonds. The number of fused-ring (bicyclic) bond motifs is 1. The first kappa shape index (κ1) is 19.0. The summed E-state index contributed by atoms with van der Waals surface area (Å²) in [5.41, 5.74) is 1.33. The molecule has 0 radical (unpaired) electrons. The van der Waals surface area contributed by atoms with Gasteiger partial charge in [0.25, 0.3) is 10.8 Å². The summed E-state index contributed by atoms with van der Waals surface area (Å²) in [6.07, 6.45) is 0.487. The molecule has 0 aliphatic heterocycles. The van der Waals surface area contributed by atoms with Crippen molar-refractivity contribution in [3.05, 3.63) is 48.6 Å². The van der Waals surface area contributed by atoms with E-state index in [9.17, 15) is 9.59 Å². The molecule has 1 N–H and O–H groups in total. The molecule has 4 heterocycles. The zero-order valence-electron chi connectivity index (χ0n) is 15.2. The number of hydrogen-bond acceptors (Lipinski definition) is 10. The van der Waals surface area contributed by atoms with Crippen LogP contribution in [0.3, 0.4) is 0 Å². The monoisotopic (exact) mass is 433 g/mol. The van der Waals surface area contributed by atoms with E-state index in [0.29, 0.717) is 49.8 Å². The van der Waals surface area contributed by atoms with Crippen molar-refractivity contribution in [1.29, 1.82) is 0 Å². The Hall–Kier alpha value is -2.37. The lowest BCUT2D eigenvalue weighted by Crippen LogP contribution is -2.11. The Morgan fingerprint density at radius 3 is 2.82 bits per heavy atom. The molecule has 0 spiro atoms. The summed E-state index contributed by atoms with van der Waals surface area (Å²) in [6, 6.07) is 0. The predicted octanol–water partition coefficient (Wildman–Crippen LogP) is 3.53. The minimum Gasteiger partial charge on any atom is -0.416 e. The molecule has 0 saturated carbocycles. The predicted molar refractivity (Wildman–Crippen MR) is 108 cm³/mol. The van der Waals surface area contributed by atoms with E-state index >= 15 is 0 Å². The maximum atomic E-state index is 12.4. The van der Waals surface area contributed by atoms with Gasteiger partial charge in [-0.1, -0.05) is 11.8 Å². The van der Waals surface area contributed by atoms with Gasteiger partial charge in [-0.15, -0.1) is 32.9 Å². The first-order valence-electron chi connectivity index (χ1n) is 8.30. The fourth-order valence-corrected chi connectivity index (χ4v) is 5.09. The minimum atomic E-state index is -0.244. The van der Waals surface area contributed by atoms with Crippen LogP contribution >= 0.6 is 34.4 Å². The number of carbonyl (C=O) groups is 1. The standard InChI is InChI=1S/C17H15N5O3S3/c1-7-13-15(24)19-11(20-16(13)28-14(7)8(2)23)6-27-17-22-21-12(25-17)4-10-5-26-9(3)18-10/h5H,4,6H2,1-3H3,(H,19,20,24). The van der Waals surface area contributed by atoms with Crippen molar-refractivity contribution < 1.29 is 9.21 Å². The van der Waals surface area contributed by atoms with Gasteiger partial charge in [0.2, 0.25) is 5.89 Å². The first-order chi connectivity index (χ1) is 13.4. The van der Waals surface area contributed by atoms with E-state index in [1.807, 2.05) is 12.3 Å². The average molecular weight is 434 g/mol. The largest absolute Gasteiger partial charge is 0.416 e. The highest BCUT2D eigenvalue weighted by atomic mass is 32.2. The highest BCUT2D eigenvalue weighted by molar-refractivity contribution is 7.98. The number of aryl methyl sites for hydroxylation is 2. The van der Waals surface area contributed by atoms with Crippen LogP contribution in [-0.2, 0) is 12.2 Å². The lowest BCUT2D eigenvalue weighted by atomic mass is 10.2. The van der Waals surface area contributed by atoms with E-state index in [1.54, 1.807) is 18.3 Å². The molecule has 0 saturated heterocycles. The highest BCUT2D eigenvalue weighted by Crippen LogP contribution is 2.28. The summed E-state index contributed by atoms with van der Waals surface area (Å²) < 4.78 is 5.63. The second-order valence-corrected chi connectivity index (χ2v) is 9.08. The molecule has 0 bridgehead atoms. The molecule has 4 rings (SSSR count). The van der Waals surface area contributed by atoms with Crippen molar-refractivity contribution in [1.82, 2.24) is 25.1 Å².